The van der Waals surface area contributed by atoms with Crippen molar-refractivity contribution in [2.45, 2.75) is 56.6 Å². The normalized spacial score (nSPS) is 28.6. The smallest absolute Gasteiger partial charge is 0.130 e. The molecule has 11 rings (SSSR count). The van der Waals surface area contributed by atoms with Gasteiger partial charge in [0.15, 0.2) is 0 Å². The van der Waals surface area contributed by atoms with E-state index in [4.69, 9.17) is 9.47 Å². The van der Waals surface area contributed by atoms with Crippen LogP contribution in [0.25, 0.3) is 16.8 Å². The van der Waals surface area contributed by atoms with Gasteiger partial charge in [-0.3, -0.25) is 0 Å². The van der Waals surface area contributed by atoms with Crippen molar-refractivity contribution in [3.63, 3.8) is 0 Å². The Morgan fingerprint density at radius 3 is 2.55 bits per heavy atom. The van der Waals surface area contributed by atoms with Gasteiger partial charge in [-0.15, -0.1) is 0 Å². The van der Waals surface area contributed by atoms with Gasteiger partial charge in [-0.1, -0.05) is 127 Å². The molecule has 53 heavy (non-hydrogen) atoms. The van der Waals surface area contributed by atoms with E-state index in [-0.39, 0.29) is 18.1 Å². The number of hydrogen-bond donors (Lipinski definition) is 0. The van der Waals surface area contributed by atoms with Gasteiger partial charge < -0.3 is 14.4 Å². The molecule has 0 amide bonds. The van der Waals surface area contributed by atoms with Crippen LogP contribution in [0.3, 0.4) is 0 Å². The Morgan fingerprint density at radius 1 is 0.774 bits per heavy atom. The standard InChI is InChI=1S/C50H43NO2/c1-2-12-33(13-3-1)38-19-10-20-41-43-30-34(26-29-47(43)53-50(38)41)32-24-27-36(28-25-32)51(44-21-11-23-48-49(44)42-18-8-9-22-46(42)52-48)45-31-35-14-4-5-15-37(35)39-16-6-7-17-40(39)45/h1-3,5-9,11-13,15-19,21-24,26-30,32,35,43-44,47,49H,4,10,14,20,25,31H2/t32?,35?,43-,44?,47?,49?/m0/s1. The number of allylic oxidation sites excluding steroid dienone is 11. The molecule has 0 saturated carbocycles. The second-order valence-corrected chi connectivity index (χ2v) is 15.6. The fourth-order valence-electron chi connectivity index (χ4n) is 10.2. The lowest BCUT2D eigenvalue weighted by Crippen LogP contribution is -2.45. The van der Waals surface area contributed by atoms with Crippen LogP contribution in [0.15, 0.2) is 180 Å². The number of fused-ring (bicyclic) bond motifs is 7. The van der Waals surface area contributed by atoms with E-state index in [0.29, 0.717) is 17.8 Å². The minimum atomic E-state index is 0.0825. The maximum absolute atomic E-state index is 6.69. The number of hydrogen-bond acceptors (Lipinski definition) is 3. The lowest BCUT2D eigenvalue weighted by molar-refractivity contribution is 0.175. The first kappa shape index (κ1) is 31.0. The van der Waals surface area contributed by atoms with Crippen molar-refractivity contribution in [2.24, 2.45) is 17.8 Å². The average molecular weight is 690 g/mol. The molecular formula is C50H43NO2. The molecule has 3 heteroatoms. The van der Waals surface area contributed by atoms with Crippen LogP contribution in [0.1, 0.15) is 55.6 Å². The Bertz CT molecular complexity index is 2450. The molecule has 3 nitrogen and oxygen atoms in total. The molecule has 0 radical (unpaired) electrons. The van der Waals surface area contributed by atoms with E-state index >= 15 is 0 Å². The second kappa shape index (κ2) is 12.6. The van der Waals surface area contributed by atoms with Gasteiger partial charge in [0.25, 0.3) is 0 Å². The van der Waals surface area contributed by atoms with Gasteiger partial charge in [-0.05, 0) is 96.2 Å². The van der Waals surface area contributed by atoms with E-state index in [1.807, 2.05) is 0 Å². The van der Waals surface area contributed by atoms with Crippen molar-refractivity contribution in [1.29, 1.82) is 0 Å². The first-order valence-corrected chi connectivity index (χ1v) is 19.7. The Labute approximate surface area is 312 Å². The van der Waals surface area contributed by atoms with Crippen LogP contribution in [0, 0.1) is 17.8 Å². The number of nitrogens with zero attached hydrogens (tertiary/aromatic N) is 1. The molecule has 0 fully saturated rings. The Hall–Kier alpha value is -5.54. The number of ether oxygens (including phenoxy) is 2. The van der Waals surface area contributed by atoms with Gasteiger partial charge in [0.05, 0.1) is 12.0 Å². The van der Waals surface area contributed by atoms with Gasteiger partial charge in [0, 0.05) is 39.6 Å². The summed E-state index contributed by atoms with van der Waals surface area (Å²) < 4.78 is 13.2. The highest BCUT2D eigenvalue weighted by molar-refractivity contribution is 5.80. The SMILES string of the molecule is C1=CC(N(C2=CCC(C3=C[C@H]4C5=C(OC4C=C3)C(c3ccccc3)=CCC5)C=C2)C2=c3ccccc3=C3C=CCCC3C2)C2C(=C1)Oc1ccccc12. The lowest BCUT2D eigenvalue weighted by atomic mass is 9.78. The van der Waals surface area contributed by atoms with Crippen molar-refractivity contribution in [1.82, 2.24) is 4.90 Å². The first-order chi connectivity index (χ1) is 26.3. The van der Waals surface area contributed by atoms with Crippen molar-refractivity contribution in [3.05, 3.63) is 202 Å². The molecule has 8 aliphatic rings. The molecular weight excluding hydrogens is 647 g/mol. The predicted octanol–water partition coefficient (Wildman–Crippen LogP) is 9.72. The summed E-state index contributed by atoms with van der Waals surface area (Å²) in [5.41, 5.74) is 10.9. The van der Waals surface area contributed by atoms with Crippen molar-refractivity contribution in [3.8, 4) is 5.75 Å². The highest BCUT2D eigenvalue weighted by Gasteiger charge is 2.42. The van der Waals surface area contributed by atoms with E-state index in [2.05, 4.69) is 157 Å². The molecule has 5 unspecified atom stereocenters. The third-order valence-electron chi connectivity index (χ3n) is 12.7. The van der Waals surface area contributed by atoms with Crippen LogP contribution < -0.4 is 15.2 Å². The zero-order valence-electron chi connectivity index (χ0n) is 29.9. The quantitative estimate of drug-likeness (QED) is 0.266. The number of rotatable bonds is 5. The lowest BCUT2D eigenvalue weighted by Gasteiger charge is -2.42. The van der Waals surface area contributed by atoms with Crippen LogP contribution >= 0.6 is 0 Å². The molecule has 0 aromatic heterocycles. The zero-order valence-corrected chi connectivity index (χ0v) is 29.9. The summed E-state index contributed by atoms with van der Waals surface area (Å²) in [5.74, 6) is 4.44. The maximum atomic E-state index is 6.69. The van der Waals surface area contributed by atoms with E-state index in [0.717, 1.165) is 49.4 Å². The summed E-state index contributed by atoms with van der Waals surface area (Å²) in [6.07, 6.45) is 35.1. The van der Waals surface area contributed by atoms with Crippen molar-refractivity contribution in [2.75, 3.05) is 0 Å². The van der Waals surface area contributed by atoms with E-state index < -0.39 is 0 Å². The number of benzene rings is 3. The monoisotopic (exact) mass is 689 g/mol. The minimum Gasteiger partial charge on any atom is -0.485 e. The fourth-order valence-corrected chi connectivity index (χ4v) is 10.2. The molecule has 2 aliphatic heterocycles. The second-order valence-electron chi connectivity index (χ2n) is 15.6. The van der Waals surface area contributed by atoms with Gasteiger partial charge in [-0.2, -0.15) is 0 Å². The first-order valence-electron chi connectivity index (χ1n) is 19.7. The molecule has 6 atom stereocenters. The molecule has 0 saturated heterocycles. The Morgan fingerprint density at radius 2 is 1.64 bits per heavy atom. The van der Waals surface area contributed by atoms with Crippen LogP contribution in [0.2, 0.25) is 0 Å². The van der Waals surface area contributed by atoms with Gasteiger partial charge in [0.2, 0.25) is 0 Å². The van der Waals surface area contributed by atoms with Crippen LogP contribution in [0.5, 0.6) is 5.75 Å². The molecule has 2 heterocycles. The zero-order chi connectivity index (χ0) is 34.9. The minimum absolute atomic E-state index is 0.0825. The van der Waals surface area contributed by atoms with Crippen LogP contribution in [-0.2, 0) is 4.74 Å². The van der Waals surface area contributed by atoms with Crippen LogP contribution in [0.4, 0.5) is 0 Å². The van der Waals surface area contributed by atoms with Crippen LogP contribution in [-0.4, -0.2) is 17.0 Å². The van der Waals surface area contributed by atoms with E-state index in [1.54, 1.807) is 0 Å². The van der Waals surface area contributed by atoms with Crippen molar-refractivity contribution >= 4 is 16.8 Å². The predicted molar refractivity (Wildman–Crippen MR) is 213 cm³/mol. The van der Waals surface area contributed by atoms with Gasteiger partial charge in [0.1, 0.15) is 23.4 Å². The Balaban J connectivity index is 0.963. The van der Waals surface area contributed by atoms with E-state index in [9.17, 15) is 0 Å². The summed E-state index contributed by atoms with van der Waals surface area (Å²) in [6, 6.07) is 28.6. The molecule has 3 aromatic rings. The fraction of sp³-hybridized carbons (Fsp3) is 0.240. The Kier molecular flexibility index (Phi) is 7.35. The summed E-state index contributed by atoms with van der Waals surface area (Å²) in [7, 11) is 0. The average Bonchev–Trinajstić information content (AvgIpc) is 3.80. The summed E-state index contributed by atoms with van der Waals surface area (Å²) in [6.45, 7) is 0. The molecule has 0 N–H and O–H groups in total. The molecule has 260 valence electrons. The molecule has 0 bridgehead atoms. The van der Waals surface area contributed by atoms with Gasteiger partial charge in [-0.25, -0.2) is 0 Å². The van der Waals surface area contributed by atoms with Crippen molar-refractivity contribution < 1.29 is 9.47 Å². The molecule has 3 aromatic carbocycles. The summed E-state index contributed by atoms with van der Waals surface area (Å²) in [5, 5.41) is 2.76. The number of para-hydroxylation sites is 1. The highest BCUT2D eigenvalue weighted by atomic mass is 16.5. The van der Waals surface area contributed by atoms with Gasteiger partial charge >= 0.3 is 0 Å². The summed E-state index contributed by atoms with van der Waals surface area (Å²) >= 11 is 0. The third-order valence-corrected chi connectivity index (χ3v) is 12.7. The molecule has 0 spiro atoms. The topological polar surface area (TPSA) is 21.7 Å². The summed E-state index contributed by atoms with van der Waals surface area (Å²) in [4.78, 5) is 2.70. The largest absolute Gasteiger partial charge is 0.485 e. The highest BCUT2D eigenvalue weighted by Crippen LogP contribution is 2.50. The maximum Gasteiger partial charge on any atom is 0.130 e. The third kappa shape index (κ3) is 5.08. The van der Waals surface area contributed by atoms with E-state index in [1.165, 1.54) is 61.7 Å². The molecule has 6 aliphatic carbocycles.